The number of carboxylic acids is 1. The first-order valence-electron chi connectivity index (χ1n) is 6.21. The number of para-hydroxylation sites is 1. The van der Waals surface area contributed by atoms with E-state index in [2.05, 4.69) is 10.1 Å². The van der Waals surface area contributed by atoms with Gasteiger partial charge in [0.1, 0.15) is 0 Å². The summed E-state index contributed by atoms with van der Waals surface area (Å²) in [7, 11) is 0. The monoisotopic (exact) mass is 285 g/mol. The van der Waals surface area contributed by atoms with Gasteiger partial charge in [0.05, 0.1) is 17.6 Å². The van der Waals surface area contributed by atoms with Crippen LogP contribution in [0.2, 0.25) is 0 Å². The van der Waals surface area contributed by atoms with Gasteiger partial charge in [0.15, 0.2) is 5.82 Å². The van der Waals surface area contributed by atoms with Gasteiger partial charge in [-0.15, -0.1) is 0 Å². The Morgan fingerprint density at radius 1 is 1.38 bits per heavy atom. The van der Waals surface area contributed by atoms with E-state index in [9.17, 15) is 14.7 Å². The summed E-state index contributed by atoms with van der Waals surface area (Å²) < 4.78 is 6.30. The fraction of sp³-hybridized carbons (Fsp3) is 0.143. The third kappa shape index (κ3) is 2.29. The summed E-state index contributed by atoms with van der Waals surface area (Å²) in [5.41, 5.74) is 0.0783. The van der Waals surface area contributed by atoms with Gasteiger partial charge in [-0.25, -0.2) is 4.79 Å². The fourth-order valence-electron chi connectivity index (χ4n) is 2.22. The third-order valence-electron chi connectivity index (χ3n) is 3.12. The third-order valence-corrected chi connectivity index (χ3v) is 3.12. The van der Waals surface area contributed by atoms with Gasteiger partial charge in [-0.2, -0.15) is 4.98 Å². The molecule has 3 aromatic rings. The molecule has 0 amide bonds. The largest absolute Gasteiger partial charge is 0.478 e. The van der Waals surface area contributed by atoms with Gasteiger partial charge in [0.25, 0.3) is 5.56 Å². The van der Waals surface area contributed by atoms with Crippen molar-refractivity contribution in [3.8, 4) is 0 Å². The molecule has 3 rings (SSSR count). The minimum Gasteiger partial charge on any atom is -0.478 e. The Kier molecular flexibility index (Phi) is 3.02. The quantitative estimate of drug-likeness (QED) is 0.781. The van der Waals surface area contributed by atoms with Gasteiger partial charge >= 0.3 is 5.97 Å². The zero-order valence-electron chi connectivity index (χ0n) is 11.1. The molecule has 0 spiro atoms. The van der Waals surface area contributed by atoms with E-state index in [0.717, 1.165) is 6.07 Å². The minimum absolute atomic E-state index is 0.0175. The predicted molar refractivity (Wildman–Crippen MR) is 73.3 cm³/mol. The van der Waals surface area contributed by atoms with Gasteiger partial charge in [-0.3, -0.25) is 4.79 Å². The normalized spacial score (nSPS) is 10.9. The number of pyridine rings is 1. The van der Waals surface area contributed by atoms with E-state index in [1.54, 1.807) is 31.2 Å². The van der Waals surface area contributed by atoms with Crippen LogP contribution in [0.5, 0.6) is 0 Å². The molecule has 0 unspecified atom stereocenters. The first kappa shape index (κ1) is 13.0. The second-order valence-corrected chi connectivity index (χ2v) is 4.53. The molecule has 2 aromatic heterocycles. The van der Waals surface area contributed by atoms with Crippen LogP contribution in [-0.2, 0) is 6.54 Å². The molecule has 0 aliphatic rings. The second-order valence-electron chi connectivity index (χ2n) is 4.53. The van der Waals surface area contributed by atoms with Crippen LogP contribution in [0.3, 0.4) is 0 Å². The van der Waals surface area contributed by atoms with Crippen molar-refractivity contribution in [1.82, 2.24) is 14.7 Å². The van der Waals surface area contributed by atoms with Crippen molar-refractivity contribution in [3.63, 3.8) is 0 Å². The highest BCUT2D eigenvalue weighted by atomic mass is 16.5. The molecule has 0 aliphatic carbocycles. The van der Waals surface area contributed by atoms with Crippen molar-refractivity contribution in [2.45, 2.75) is 13.5 Å². The maximum Gasteiger partial charge on any atom is 0.336 e. The highest BCUT2D eigenvalue weighted by Gasteiger charge is 2.15. The van der Waals surface area contributed by atoms with Crippen molar-refractivity contribution < 1.29 is 14.4 Å². The topological polar surface area (TPSA) is 98.2 Å². The molecule has 1 N–H and O–H groups in total. The Morgan fingerprint density at radius 3 is 2.81 bits per heavy atom. The summed E-state index contributed by atoms with van der Waals surface area (Å²) in [5.74, 6) is -0.363. The molecule has 0 radical (unpaired) electrons. The maximum absolute atomic E-state index is 12.2. The summed E-state index contributed by atoms with van der Waals surface area (Å²) in [6, 6.07) is 7.93. The average Bonchev–Trinajstić information content (AvgIpc) is 2.87. The van der Waals surface area contributed by atoms with E-state index in [-0.39, 0.29) is 12.1 Å². The summed E-state index contributed by atoms with van der Waals surface area (Å²) in [6.07, 6.45) is 0. The van der Waals surface area contributed by atoms with Gasteiger partial charge in [-0.1, -0.05) is 23.4 Å². The maximum atomic E-state index is 12.2. The number of carboxylic acid groups (broad SMARTS) is 1. The average molecular weight is 285 g/mol. The number of fused-ring (bicyclic) bond motifs is 1. The number of hydrogen-bond acceptors (Lipinski definition) is 5. The van der Waals surface area contributed by atoms with Crippen molar-refractivity contribution in [2.75, 3.05) is 0 Å². The van der Waals surface area contributed by atoms with E-state index in [1.807, 2.05) is 0 Å². The Morgan fingerprint density at radius 2 is 2.14 bits per heavy atom. The van der Waals surface area contributed by atoms with Crippen LogP contribution in [0, 0.1) is 6.92 Å². The number of benzene rings is 1. The molecule has 0 atom stereocenters. The molecule has 0 bridgehead atoms. The van der Waals surface area contributed by atoms with Crippen molar-refractivity contribution in [3.05, 3.63) is 58.0 Å². The minimum atomic E-state index is -1.13. The highest BCUT2D eigenvalue weighted by Crippen LogP contribution is 2.17. The molecule has 0 aliphatic heterocycles. The second kappa shape index (κ2) is 4.86. The van der Waals surface area contributed by atoms with E-state index >= 15 is 0 Å². The fourth-order valence-corrected chi connectivity index (χ4v) is 2.22. The molecule has 0 saturated heterocycles. The molecule has 1 aromatic carbocycles. The lowest BCUT2D eigenvalue weighted by atomic mass is 10.1. The van der Waals surface area contributed by atoms with Gasteiger partial charge in [0, 0.05) is 18.4 Å². The standard InChI is InChI=1S/C14H11N3O4/c1-8-15-12(16-21-8)7-17-11-5-3-2-4-9(11)10(14(19)20)6-13(17)18/h2-6H,7H2,1H3,(H,19,20). The van der Waals surface area contributed by atoms with Crippen LogP contribution < -0.4 is 5.56 Å². The number of rotatable bonds is 3. The Bertz CT molecular complexity index is 895. The van der Waals surface area contributed by atoms with Crippen LogP contribution in [0.1, 0.15) is 22.1 Å². The van der Waals surface area contributed by atoms with Gasteiger partial charge in [-0.05, 0) is 6.07 Å². The van der Waals surface area contributed by atoms with E-state index in [0.29, 0.717) is 22.6 Å². The summed E-state index contributed by atoms with van der Waals surface area (Å²) >= 11 is 0. The predicted octanol–water partition coefficient (Wildman–Crippen LogP) is 1.44. The highest BCUT2D eigenvalue weighted by molar-refractivity contribution is 6.02. The van der Waals surface area contributed by atoms with Crippen LogP contribution in [0.15, 0.2) is 39.6 Å². The molecule has 2 heterocycles. The number of nitrogens with zero attached hydrogens (tertiary/aromatic N) is 3. The van der Waals surface area contributed by atoms with Gasteiger partial charge in [0.2, 0.25) is 5.89 Å². The number of aromatic nitrogens is 3. The summed E-state index contributed by atoms with van der Waals surface area (Å²) in [4.78, 5) is 27.5. The van der Waals surface area contributed by atoms with E-state index in [4.69, 9.17) is 4.52 Å². The zero-order chi connectivity index (χ0) is 15.0. The number of aromatic carboxylic acids is 1. The Labute approximate surface area is 118 Å². The summed E-state index contributed by atoms with van der Waals surface area (Å²) in [5, 5.41) is 13.4. The molecule has 106 valence electrons. The number of carbonyl (C=O) groups is 1. The molecule has 7 heteroatoms. The van der Waals surface area contributed by atoms with Crippen LogP contribution >= 0.6 is 0 Å². The molecule has 0 fully saturated rings. The van der Waals surface area contributed by atoms with Crippen molar-refractivity contribution in [1.29, 1.82) is 0 Å². The van der Waals surface area contributed by atoms with Crippen LogP contribution in [0.4, 0.5) is 0 Å². The first-order chi connectivity index (χ1) is 10.1. The smallest absolute Gasteiger partial charge is 0.336 e. The van der Waals surface area contributed by atoms with Crippen LogP contribution in [-0.4, -0.2) is 25.8 Å². The van der Waals surface area contributed by atoms with E-state index in [1.165, 1.54) is 4.57 Å². The lowest BCUT2D eigenvalue weighted by molar-refractivity contribution is 0.0698. The molecular formula is C14H11N3O4. The lowest BCUT2D eigenvalue weighted by Crippen LogP contribution is -2.23. The summed E-state index contributed by atoms with van der Waals surface area (Å²) in [6.45, 7) is 1.78. The number of aryl methyl sites for hydroxylation is 1. The lowest BCUT2D eigenvalue weighted by Gasteiger charge is -2.09. The Hall–Kier alpha value is -2.96. The van der Waals surface area contributed by atoms with Crippen molar-refractivity contribution >= 4 is 16.9 Å². The van der Waals surface area contributed by atoms with Crippen molar-refractivity contribution in [2.24, 2.45) is 0 Å². The molecular weight excluding hydrogens is 274 g/mol. The molecule has 7 nitrogen and oxygen atoms in total. The SMILES string of the molecule is Cc1nc(Cn2c(=O)cc(C(=O)O)c3ccccc32)no1. The number of hydrogen-bond donors (Lipinski definition) is 1. The Balaban J connectivity index is 2.23. The first-order valence-corrected chi connectivity index (χ1v) is 6.21. The van der Waals surface area contributed by atoms with Gasteiger partial charge < -0.3 is 14.2 Å². The molecule has 0 saturated carbocycles. The zero-order valence-corrected chi connectivity index (χ0v) is 11.1. The van der Waals surface area contributed by atoms with Crippen LogP contribution in [0.25, 0.3) is 10.9 Å². The van der Waals surface area contributed by atoms with E-state index < -0.39 is 11.5 Å². The molecule has 21 heavy (non-hydrogen) atoms.